The molecule has 0 atom stereocenters. The maximum Gasteiger partial charge on any atom is 0.164 e. The van der Waals surface area contributed by atoms with Crippen molar-refractivity contribution in [2.24, 2.45) is 0 Å². The lowest BCUT2D eigenvalue weighted by molar-refractivity contribution is 0.673. The zero-order valence-corrected chi connectivity index (χ0v) is 32.8. The standard InChI is InChI=1S/C57H33N3O/c1-3-13-38-31-41(27-21-34(38)11-1)56-58-55(59-57(60-56)42-28-22-35-12-2-4-14-39(35)32-42)37-25-23-36(24-26-37)51-43-16-6-5-15-40(43)33-50-53(51)49-30-29-48-46-19-8-7-17-44(46)45-18-9-10-20-47(45)52(48)54(49)61-50/h1-33H. The van der Waals surface area contributed by atoms with Crippen LogP contribution in [0.1, 0.15) is 0 Å². The van der Waals surface area contributed by atoms with Crippen LogP contribution in [0.5, 0.6) is 0 Å². The molecule has 0 aliphatic rings. The van der Waals surface area contributed by atoms with Crippen LogP contribution < -0.4 is 0 Å². The van der Waals surface area contributed by atoms with Crippen LogP contribution in [0, 0.1) is 0 Å². The van der Waals surface area contributed by atoms with E-state index in [1.165, 1.54) is 43.1 Å². The molecule has 0 saturated heterocycles. The van der Waals surface area contributed by atoms with Gasteiger partial charge < -0.3 is 4.42 Å². The second kappa shape index (κ2) is 13.2. The van der Waals surface area contributed by atoms with Crippen molar-refractivity contribution in [3.63, 3.8) is 0 Å². The molecule has 0 N–H and O–H groups in total. The molecule has 13 aromatic rings. The third kappa shape index (κ3) is 5.29. The molecular formula is C57H33N3O. The zero-order chi connectivity index (χ0) is 40.0. The van der Waals surface area contributed by atoms with Gasteiger partial charge in [-0.05, 0) is 89.1 Å². The van der Waals surface area contributed by atoms with Crippen molar-refractivity contribution in [3.05, 3.63) is 200 Å². The van der Waals surface area contributed by atoms with Crippen LogP contribution in [0.3, 0.4) is 0 Å². The summed E-state index contributed by atoms with van der Waals surface area (Å²) in [5.41, 5.74) is 6.82. The van der Waals surface area contributed by atoms with Crippen molar-refractivity contribution in [2.45, 2.75) is 0 Å². The summed E-state index contributed by atoms with van der Waals surface area (Å²) >= 11 is 0. The third-order valence-corrected chi connectivity index (χ3v) is 12.4. The van der Waals surface area contributed by atoms with E-state index >= 15 is 0 Å². The number of aromatic nitrogens is 3. The van der Waals surface area contributed by atoms with Gasteiger partial charge in [-0.25, -0.2) is 15.0 Å². The monoisotopic (exact) mass is 775 g/mol. The van der Waals surface area contributed by atoms with Crippen molar-refractivity contribution in [2.75, 3.05) is 0 Å². The smallest absolute Gasteiger partial charge is 0.164 e. The van der Waals surface area contributed by atoms with Crippen molar-refractivity contribution in [3.8, 4) is 45.3 Å². The summed E-state index contributed by atoms with van der Waals surface area (Å²) in [5.74, 6) is 1.89. The first-order valence-corrected chi connectivity index (χ1v) is 20.7. The fourth-order valence-corrected chi connectivity index (χ4v) is 9.55. The molecule has 11 aromatic carbocycles. The minimum Gasteiger partial charge on any atom is -0.455 e. The Bertz CT molecular complexity index is 3810. The predicted octanol–water partition coefficient (Wildman–Crippen LogP) is 15.4. The molecule has 13 rings (SSSR count). The molecule has 0 bridgehead atoms. The SMILES string of the molecule is c1ccc2cc(-c3nc(-c4ccc(-c5c6ccccc6cc6oc7c(ccc8c9ccccc9c9ccccc9c87)c56)cc4)nc(-c4ccc5ccccc5c4)n3)ccc2c1. The number of nitrogens with zero attached hydrogens (tertiary/aromatic N) is 3. The van der Waals surface area contributed by atoms with E-state index in [0.717, 1.165) is 71.3 Å². The van der Waals surface area contributed by atoms with Crippen molar-refractivity contribution < 1.29 is 4.42 Å². The topological polar surface area (TPSA) is 51.8 Å². The summed E-state index contributed by atoms with van der Waals surface area (Å²) in [4.78, 5) is 15.4. The van der Waals surface area contributed by atoms with Crippen LogP contribution in [0.4, 0.5) is 0 Å². The molecule has 2 heterocycles. The van der Waals surface area contributed by atoms with E-state index in [2.05, 4.69) is 200 Å². The number of rotatable bonds is 4. The Morgan fingerprint density at radius 1 is 0.279 bits per heavy atom. The number of benzene rings is 11. The molecule has 2 aromatic heterocycles. The van der Waals surface area contributed by atoms with Crippen molar-refractivity contribution in [1.29, 1.82) is 0 Å². The van der Waals surface area contributed by atoms with Gasteiger partial charge in [0.15, 0.2) is 17.5 Å². The van der Waals surface area contributed by atoms with Crippen LogP contribution in [0.25, 0.3) is 132 Å². The van der Waals surface area contributed by atoms with Crippen molar-refractivity contribution >= 4 is 86.6 Å². The highest BCUT2D eigenvalue weighted by Crippen LogP contribution is 2.46. The molecular weight excluding hydrogens is 743 g/mol. The molecule has 4 heteroatoms. The minimum atomic E-state index is 0.621. The number of fused-ring (bicyclic) bond motifs is 13. The van der Waals surface area contributed by atoms with Crippen LogP contribution in [-0.2, 0) is 0 Å². The maximum absolute atomic E-state index is 7.02. The quantitative estimate of drug-likeness (QED) is 0.167. The third-order valence-electron chi connectivity index (χ3n) is 12.4. The normalized spacial score (nSPS) is 11.9. The van der Waals surface area contributed by atoms with Gasteiger partial charge in [0.1, 0.15) is 11.2 Å². The van der Waals surface area contributed by atoms with Crippen LogP contribution >= 0.6 is 0 Å². The van der Waals surface area contributed by atoms with E-state index in [-0.39, 0.29) is 0 Å². The van der Waals surface area contributed by atoms with Gasteiger partial charge in [0.2, 0.25) is 0 Å². The Labute approximate surface area is 350 Å². The first-order valence-electron chi connectivity index (χ1n) is 20.7. The number of hydrogen-bond acceptors (Lipinski definition) is 4. The molecule has 0 aliphatic carbocycles. The largest absolute Gasteiger partial charge is 0.455 e. The molecule has 0 spiro atoms. The fourth-order valence-electron chi connectivity index (χ4n) is 9.55. The van der Waals surface area contributed by atoms with E-state index < -0.39 is 0 Å². The zero-order valence-electron chi connectivity index (χ0n) is 32.8. The molecule has 0 amide bonds. The Hall–Kier alpha value is -8.21. The lowest BCUT2D eigenvalue weighted by Gasteiger charge is -2.12. The summed E-state index contributed by atoms with van der Waals surface area (Å²) in [5, 5.41) is 16.4. The average Bonchev–Trinajstić information content (AvgIpc) is 3.71. The molecule has 4 nitrogen and oxygen atoms in total. The van der Waals surface area contributed by atoms with E-state index in [1.54, 1.807) is 0 Å². The lowest BCUT2D eigenvalue weighted by atomic mass is 9.90. The summed E-state index contributed by atoms with van der Waals surface area (Å²) in [6.07, 6.45) is 0. The minimum absolute atomic E-state index is 0.621. The average molecular weight is 776 g/mol. The van der Waals surface area contributed by atoms with E-state index in [4.69, 9.17) is 19.4 Å². The van der Waals surface area contributed by atoms with Crippen LogP contribution in [-0.4, -0.2) is 15.0 Å². The van der Waals surface area contributed by atoms with Gasteiger partial charge in [-0.1, -0.05) is 176 Å². The number of furan rings is 1. The van der Waals surface area contributed by atoms with Gasteiger partial charge >= 0.3 is 0 Å². The Balaban J connectivity index is 1.01. The van der Waals surface area contributed by atoms with Gasteiger partial charge in [0, 0.05) is 38.4 Å². The molecule has 0 aliphatic heterocycles. The maximum atomic E-state index is 7.02. The van der Waals surface area contributed by atoms with Crippen molar-refractivity contribution in [1.82, 2.24) is 15.0 Å². The molecule has 0 radical (unpaired) electrons. The summed E-state index contributed by atoms with van der Waals surface area (Å²) in [6.45, 7) is 0. The molecule has 61 heavy (non-hydrogen) atoms. The highest BCUT2D eigenvalue weighted by molar-refractivity contribution is 6.33. The van der Waals surface area contributed by atoms with Crippen LogP contribution in [0.2, 0.25) is 0 Å². The Kier molecular flexibility index (Phi) is 7.27. The molecule has 0 fully saturated rings. The Morgan fingerprint density at radius 3 is 1.31 bits per heavy atom. The number of hydrogen-bond donors (Lipinski definition) is 0. The highest BCUT2D eigenvalue weighted by atomic mass is 16.3. The van der Waals surface area contributed by atoms with Gasteiger partial charge in [-0.2, -0.15) is 0 Å². The fraction of sp³-hybridized carbons (Fsp3) is 0. The van der Waals surface area contributed by atoms with E-state index in [9.17, 15) is 0 Å². The first-order chi connectivity index (χ1) is 30.2. The highest BCUT2D eigenvalue weighted by Gasteiger charge is 2.21. The summed E-state index contributed by atoms with van der Waals surface area (Å²) < 4.78 is 7.02. The van der Waals surface area contributed by atoms with Gasteiger partial charge in [-0.15, -0.1) is 0 Å². The second-order valence-corrected chi connectivity index (χ2v) is 15.9. The van der Waals surface area contributed by atoms with E-state index in [0.29, 0.717) is 17.5 Å². The predicted molar refractivity (Wildman–Crippen MR) is 254 cm³/mol. The first kappa shape index (κ1) is 33.7. The lowest BCUT2D eigenvalue weighted by Crippen LogP contribution is -2.00. The van der Waals surface area contributed by atoms with Gasteiger partial charge in [0.05, 0.1) is 0 Å². The summed E-state index contributed by atoms with van der Waals surface area (Å²) in [7, 11) is 0. The molecule has 0 unspecified atom stereocenters. The Morgan fingerprint density at radius 2 is 0.705 bits per heavy atom. The van der Waals surface area contributed by atoms with E-state index in [1.807, 2.05) is 0 Å². The van der Waals surface area contributed by atoms with Crippen LogP contribution in [0.15, 0.2) is 205 Å². The van der Waals surface area contributed by atoms with Gasteiger partial charge in [0.25, 0.3) is 0 Å². The summed E-state index contributed by atoms with van der Waals surface area (Å²) in [6, 6.07) is 71.0. The van der Waals surface area contributed by atoms with Gasteiger partial charge in [-0.3, -0.25) is 0 Å². The molecule has 0 saturated carbocycles. The second-order valence-electron chi connectivity index (χ2n) is 15.9. The molecule has 282 valence electrons.